The summed E-state index contributed by atoms with van der Waals surface area (Å²) in [6, 6.07) is 5.05. The fourth-order valence-corrected chi connectivity index (χ4v) is 1.42. The molecule has 0 fully saturated rings. The van der Waals surface area contributed by atoms with E-state index in [9.17, 15) is 4.79 Å². The lowest BCUT2D eigenvalue weighted by Crippen LogP contribution is -2.26. The quantitative estimate of drug-likeness (QED) is 0.821. The Hall–Kier alpha value is -2.68. The highest BCUT2D eigenvalue weighted by Gasteiger charge is 2.06. The molecule has 0 unspecified atom stereocenters. The van der Waals surface area contributed by atoms with Crippen LogP contribution in [0, 0.1) is 11.3 Å². The summed E-state index contributed by atoms with van der Waals surface area (Å²) in [5.41, 5.74) is 1.70. The molecule has 2 N–H and O–H groups in total. The van der Waals surface area contributed by atoms with Gasteiger partial charge in [-0.05, 0) is 12.1 Å². The van der Waals surface area contributed by atoms with E-state index in [4.69, 9.17) is 5.26 Å². The fraction of sp³-hybridized carbons (Fsp3) is 0.167. The third kappa shape index (κ3) is 2.92. The van der Waals surface area contributed by atoms with Gasteiger partial charge in [-0.15, -0.1) is 0 Å². The SMILES string of the molecule is N#Cc1ccc(C(=O)NCCc2cnc[nH]2)nc1. The van der Waals surface area contributed by atoms with Gasteiger partial charge in [0.05, 0.1) is 11.9 Å². The second-order valence-corrected chi connectivity index (χ2v) is 3.63. The minimum Gasteiger partial charge on any atom is -0.350 e. The molecule has 0 aliphatic heterocycles. The summed E-state index contributed by atoms with van der Waals surface area (Å²) in [6.45, 7) is 0.503. The molecule has 6 heteroatoms. The Bertz CT molecular complexity index is 553. The highest BCUT2D eigenvalue weighted by atomic mass is 16.1. The van der Waals surface area contributed by atoms with Gasteiger partial charge in [0.15, 0.2) is 0 Å². The van der Waals surface area contributed by atoms with Gasteiger partial charge < -0.3 is 10.3 Å². The van der Waals surface area contributed by atoms with Crippen molar-refractivity contribution in [1.82, 2.24) is 20.3 Å². The van der Waals surface area contributed by atoms with Crippen LogP contribution >= 0.6 is 0 Å². The van der Waals surface area contributed by atoms with Crippen LogP contribution in [0.5, 0.6) is 0 Å². The van der Waals surface area contributed by atoms with Gasteiger partial charge >= 0.3 is 0 Å². The van der Waals surface area contributed by atoms with Crippen LogP contribution in [-0.2, 0) is 6.42 Å². The monoisotopic (exact) mass is 241 g/mol. The molecule has 18 heavy (non-hydrogen) atoms. The average Bonchev–Trinajstić information content (AvgIpc) is 2.92. The standard InChI is InChI=1S/C12H11N5O/c13-5-9-1-2-11(16-6-9)12(18)15-4-3-10-7-14-8-17-10/h1-2,6-8H,3-4H2,(H,14,17)(H,15,18). The molecule has 0 atom stereocenters. The van der Waals surface area contributed by atoms with E-state index < -0.39 is 0 Å². The number of aromatic nitrogens is 3. The Balaban J connectivity index is 1.86. The first-order valence-corrected chi connectivity index (χ1v) is 5.41. The summed E-state index contributed by atoms with van der Waals surface area (Å²) >= 11 is 0. The summed E-state index contributed by atoms with van der Waals surface area (Å²) in [6.07, 6.45) is 5.37. The zero-order chi connectivity index (χ0) is 12.8. The minimum atomic E-state index is -0.251. The van der Waals surface area contributed by atoms with Crippen LogP contribution in [0.25, 0.3) is 0 Å². The lowest BCUT2D eigenvalue weighted by Gasteiger charge is -2.03. The van der Waals surface area contributed by atoms with E-state index in [1.807, 2.05) is 6.07 Å². The summed E-state index contributed by atoms with van der Waals surface area (Å²) < 4.78 is 0. The molecule has 1 amide bonds. The Morgan fingerprint density at radius 1 is 1.44 bits per heavy atom. The Morgan fingerprint density at radius 2 is 2.33 bits per heavy atom. The Labute approximate surface area is 104 Å². The number of aromatic amines is 1. The molecule has 2 aromatic heterocycles. The van der Waals surface area contributed by atoms with Crippen molar-refractivity contribution in [3.63, 3.8) is 0 Å². The van der Waals surface area contributed by atoms with Gasteiger partial charge in [0, 0.05) is 31.1 Å². The summed E-state index contributed by atoms with van der Waals surface area (Å²) in [5, 5.41) is 11.4. The molecule has 0 radical (unpaired) electrons. The van der Waals surface area contributed by atoms with Crippen molar-refractivity contribution in [2.24, 2.45) is 0 Å². The maximum atomic E-state index is 11.7. The third-order valence-electron chi connectivity index (χ3n) is 2.36. The van der Waals surface area contributed by atoms with Crippen molar-refractivity contribution in [2.75, 3.05) is 6.54 Å². The molecule has 2 rings (SSSR count). The van der Waals surface area contributed by atoms with Crippen LogP contribution in [0.1, 0.15) is 21.7 Å². The number of hydrogen-bond acceptors (Lipinski definition) is 4. The van der Waals surface area contributed by atoms with Crippen LogP contribution in [0.3, 0.4) is 0 Å². The van der Waals surface area contributed by atoms with Crippen LogP contribution in [0.4, 0.5) is 0 Å². The van der Waals surface area contributed by atoms with Crippen LogP contribution < -0.4 is 5.32 Å². The number of carbonyl (C=O) groups is 1. The summed E-state index contributed by atoms with van der Waals surface area (Å²) in [7, 11) is 0. The average molecular weight is 241 g/mol. The largest absolute Gasteiger partial charge is 0.350 e. The number of carbonyl (C=O) groups excluding carboxylic acids is 1. The second-order valence-electron chi connectivity index (χ2n) is 3.63. The Kier molecular flexibility index (Phi) is 3.66. The number of imidazole rings is 1. The van der Waals surface area contributed by atoms with E-state index in [0.29, 0.717) is 24.2 Å². The van der Waals surface area contributed by atoms with Gasteiger partial charge in [-0.25, -0.2) is 9.97 Å². The maximum Gasteiger partial charge on any atom is 0.269 e. The van der Waals surface area contributed by atoms with Crippen molar-refractivity contribution in [3.8, 4) is 6.07 Å². The van der Waals surface area contributed by atoms with Gasteiger partial charge in [-0.3, -0.25) is 4.79 Å². The molecule has 0 saturated carbocycles. The molecule has 6 nitrogen and oxygen atoms in total. The number of nitrogens with zero attached hydrogens (tertiary/aromatic N) is 3. The number of nitriles is 1. The number of pyridine rings is 1. The summed E-state index contributed by atoms with van der Waals surface area (Å²) in [4.78, 5) is 22.4. The van der Waals surface area contributed by atoms with Crippen molar-refractivity contribution in [2.45, 2.75) is 6.42 Å². The van der Waals surface area contributed by atoms with Gasteiger partial charge in [-0.2, -0.15) is 5.26 Å². The normalized spacial score (nSPS) is 9.72. The molecule has 0 aliphatic carbocycles. The zero-order valence-corrected chi connectivity index (χ0v) is 9.55. The molecular formula is C12H11N5O. The smallest absolute Gasteiger partial charge is 0.269 e. The maximum absolute atomic E-state index is 11.7. The predicted molar refractivity (Wildman–Crippen MR) is 63.6 cm³/mol. The molecule has 0 aromatic carbocycles. The number of H-pyrrole nitrogens is 1. The number of amides is 1. The van der Waals surface area contributed by atoms with Crippen LogP contribution in [0.2, 0.25) is 0 Å². The lowest BCUT2D eigenvalue weighted by atomic mass is 10.2. The topological polar surface area (TPSA) is 94.5 Å². The first-order chi connectivity index (χ1) is 8.79. The minimum absolute atomic E-state index is 0.251. The van der Waals surface area contributed by atoms with Gasteiger partial charge in [-0.1, -0.05) is 0 Å². The van der Waals surface area contributed by atoms with E-state index in [1.165, 1.54) is 12.3 Å². The first-order valence-electron chi connectivity index (χ1n) is 5.41. The van der Waals surface area contributed by atoms with E-state index in [-0.39, 0.29) is 5.91 Å². The van der Waals surface area contributed by atoms with Crippen LogP contribution in [-0.4, -0.2) is 27.4 Å². The van der Waals surface area contributed by atoms with Gasteiger partial charge in [0.1, 0.15) is 11.8 Å². The highest BCUT2D eigenvalue weighted by Crippen LogP contribution is 1.99. The molecule has 0 aliphatic rings. The number of hydrogen-bond donors (Lipinski definition) is 2. The van der Waals surface area contributed by atoms with Crippen LogP contribution in [0.15, 0.2) is 30.9 Å². The molecule has 2 heterocycles. The number of rotatable bonds is 4. The first kappa shape index (κ1) is 11.8. The molecule has 0 spiro atoms. The second kappa shape index (κ2) is 5.59. The highest BCUT2D eigenvalue weighted by molar-refractivity contribution is 5.92. The van der Waals surface area contributed by atoms with Crippen molar-refractivity contribution < 1.29 is 4.79 Å². The van der Waals surface area contributed by atoms with Crippen molar-refractivity contribution >= 4 is 5.91 Å². The molecule has 90 valence electrons. The molecule has 2 aromatic rings. The van der Waals surface area contributed by atoms with Gasteiger partial charge in [0.2, 0.25) is 0 Å². The van der Waals surface area contributed by atoms with Crippen molar-refractivity contribution in [1.29, 1.82) is 5.26 Å². The number of nitrogens with one attached hydrogen (secondary N) is 2. The summed E-state index contributed by atoms with van der Waals surface area (Å²) in [5.74, 6) is -0.251. The zero-order valence-electron chi connectivity index (χ0n) is 9.55. The van der Waals surface area contributed by atoms with Crippen molar-refractivity contribution in [3.05, 3.63) is 47.8 Å². The Morgan fingerprint density at radius 3 is 2.94 bits per heavy atom. The third-order valence-corrected chi connectivity index (χ3v) is 2.36. The van der Waals surface area contributed by atoms with E-state index in [2.05, 4.69) is 20.3 Å². The molecule has 0 bridgehead atoms. The van der Waals surface area contributed by atoms with Gasteiger partial charge in [0.25, 0.3) is 5.91 Å². The molecular weight excluding hydrogens is 230 g/mol. The lowest BCUT2D eigenvalue weighted by molar-refractivity contribution is 0.0949. The van der Waals surface area contributed by atoms with E-state index in [1.54, 1.807) is 18.6 Å². The van der Waals surface area contributed by atoms with E-state index >= 15 is 0 Å². The fourth-order valence-electron chi connectivity index (χ4n) is 1.42. The predicted octanol–water partition coefficient (Wildman–Crippen LogP) is 0.649. The van der Waals surface area contributed by atoms with E-state index in [0.717, 1.165) is 5.69 Å². The molecule has 0 saturated heterocycles.